The smallest absolute Gasteiger partial charge is 0.265 e. The van der Waals surface area contributed by atoms with Gasteiger partial charge in [-0.05, 0) is 0 Å². The molecule has 3 nitrogen and oxygen atoms in total. The quantitative estimate of drug-likeness (QED) is 0.458. The molecule has 1 aromatic rings. The van der Waals surface area contributed by atoms with E-state index in [0.29, 0.717) is 0 Å². The zero-order valence-electron chi connectivity index (χ0n) is 5.50. The third-order valence-corrected chi connectivity index (χ3v) is 0.992. The van der Waals surface area contributed by atoms with Crippen molar-refractivity contribution in [3.8, 4) is 0 Å². The van der Waals surface area contributed by atoms with E-state index in [2.05, 4.69) is 4.98 Å². The largest absolute Gasteiger partial charge is 1.00 e. The van der Waals surface area contributed by atoms with Gasteiger partial charge in [0.15, 0.2) is 6.20 Å². The van der Waals surface area contributed by atoms with E-state index in [1.807, 2.05) is 42.5 Å². The van der Waals surface area contributed by atoms with Crippen molar-refractivity contribution in [3.05, 3.63) is 18.7 Å². The highest BCUT2D eigenvalue weighted by Gasteiger charge is 1.93. The van der Waals surface area contributed by atoms with Crippen LogP contribution in [0, 0.1) is 0 Å². The number of imidazole rings is 1. The van der Waals surface area contributed by atoms with Crippen molar-refractivity contribution in [3.63, 3.8) is 0 Å². The van der Waals surface area contributed by atoms with E-state index < -0.39 is 0 Å². The molecule has 1 aromatic heterocycles. The molecule has 0 aliphatic rings. The molecule has 0 fully saturated rings. The van der Waals surface area contributed by atoms with Gasteiger partial charge in [-0.2, -0.15) is 0 Å². The molecule has 0 bridgehead atoms. The average molecular weight is 192 g/mol. The molecule has 52 valence electrons. The van der Waals surface area contributed by atoms with Crippen molar-refractivity contribution >= 4 is 0 Å². The van der Waals surface area contributed by atoms with Crippen molar-refractivity contribution in [1.29, 1.82) is 0 Å². The summed E-state index contributed by atoms with van der Waals surface area (Å²) in [6.45, 7) is 0. The van der Waals surface area contributed by atoms with Crippen LogP contribution in [-0.4, -0.2) is 19.1 Å². The van der Waals surface area contributed by atoms with Crippen molar-refractivity contribution in [2.24, 2.45) is 0 Å². The van der Waals surface area contributed by atoms with Crippen LogP contribution in [0.15, 0.2) is 18.7 Å². The molecule has 4 heteroatoms. The van der Waals surface area contributed by atoms with Crippen molar-refractivity contribution < 1.29 is 21.7 Å². The minimum atomic E-state index is 0. The molecule has 0 radical (unpaired) electrons. The summed E-state index contributed by atoms with van der Waals surface area (Å²) in [5.74, 6) is 0. The highest BCUT2D eigenvalue weighted by atomic mass is 79.9. The molecule has 0 unspecified atom stereocenters. The zero-order valence-corrected chi connectivity index (χ0v) is 7.09. The molecule has 0 aliphatic heterocycles. The van der Waals surface area contributed by atoms with Gasteiger partial charge in [-0.15, -0.1) is 4.68 Å². The molecule has 0 saturated carbocycles. The van der Waals surface area contributed by atoms with Crippen molar-refractivity contribution in [2.75, 3.05) is 19.1 Å². The lowest BCUT2D eigenvalue weighted by molar-refractivity contribution is -0.686. The molecule has 1 heterocycles. The molecular formula is C5H10BrN3. The van der Waals surface area contributed by atoms with Crippen molar-refractivity contribution in [2.45, 2.75) is 0 Å². The first-order chi connectivity index (χ1) is 3.80. The lowest BCUT2D eigenvalue weighted by Crippen LogP contribution is -3.00. The van der Waals surface area contributed by atoms with Gasteiger partial charge in [0.05, 0.1) is 0 Å². The van der Waals surface area contributed by atoms with Crippen LogP contribution in [-0.2, 0) is 0 Å². The number of hydrogen-bond acceptors (Lipinski definition) is 1. The van der Waals surface area contributed by atoms with Gasteiger partial charge < -0.3 is 17.0 Å². The van der Waals surface area contributed by atoms with Crippen LogP contribution < -0.4 is 26.7 Å². The van der Waals surface area contributed by atoms with Crippen molar-refractivity contribution in [1.82, 2.24) is 4.98 Å². The second-order valence-electron chi connectivity index (χ2n) is 1.84. The maximum Gasteiger partial charge on any atom is 0.265 e. The Balaban J connectivity index is 0.000000640. The minimum Gasteiger partial charge on any atom is -1.00 e. The molecule has 0 aliphatic carbocycles. The Hall–Kier alpha value is -0.510. The van der Waals surface area contributed by atoms with E-state index in [-0.39, 0.29) is 17.0 Å². The Labute approximate surface area is 65.0 Å². The van der Waals surface area contributed by atoms with E-state index in [1.54, 1.807) is 0 Å². The number of rotatable bonds is 1. The molecular weight excluding hydrogens is 182 g/mol. The van der Waals surface area contributed by atoms with Gasteiger partial charge >= 0.3 is 0 Å². The summed E-state index contributed by atoms with van der Waals surface area (Å²) >= 11 is 0. The monoisotopic (exact) mass is 191 g/mol. The highest BCUT2D eigenvalue weighted by molar-refractivity contribution is 4.59. The van der Waals surface area contributed by atoms with E-state index in [0.717, 1.165) is 0 Å². The maximum absolute atomic E-state index is 2.93. The first kappa shape index (κ1) is 8.49. The van der Waals surface area contributed by atoms with Gasteiger partial charge in [0.2, 0.25) is 0 Å². The van der Waals surface area contributed by atoms with E-state index in [9.17, 15) is 0 Å². The first-order valence-corrected chi connectivity index (χ1v) is 2.52. The summed E-state index contributed by atoms with van der Waals surface area (Å²) in [6, 6.07) is 0. The number of nitrogens with one attached hydrogen (secondary N) is 1. The van der Waals surface area contributed by atoms with Gasteiger partial charge in [-0.25, -0.2) is 9.99 Å². The van der Waals surface area contributed by atoms with Crippen LogP contribution in [0.5, 0.6) is 0 Å². The van der Waals surface area contributed by atoms with E-state index in [1.165, 1.54) is 0 Å². The zero-order chi connectivity index (χ0) is 5.98. The molecule has 0 amide bonds. The molecule has 0 aromatic carbocycles. The number of H-pyrrole nitrogens is 1. The predicted molar refractivity (Wildman–Crippen MR) is 31.1 cm³/mol. The van der Waals surface area contributed by atoms with Crippen LogP contribution in [0.1, 0.15) is 0 Å². The summed E-state index contributed by atoms with van der Waals surface area (Å²) in [7, 11) is 3.96. The summed E-state index contributed by atoms with van der Waals surface area (Å²) in [5, 5.41) is 1.97. The van der Waals surface area contributed by atoms with Crippen LogP contribution in [0.2, 0.25) is 0 Å². The van der Waals surface area contributed by atoms with Gasteiger partial charge in [-0.1, -0.05) is 0 Å². The standard InChI is InChI=1S/C5H9N3.BrH/c1-7(2)8-4-3-6-5-8;/h3-5H,1-2H3;1H. The summed E-state index contributed by atoms with van der Waals surface area (Å²) in [5.41, 5.74) is 0. The van der Waals surface area contributed by atoms with Gasteiger partial charge in [0.25, 0.3) is 6.33 Å². The van der Waals surface area contributed by atoms with Gasteiger partial charge in [0, 0.05) is 14.1 Å². The molecule has 0 saturated heterocycles. The van der Waals surface area contributed by atoms with Crippen LogP contribution >= 0.6 is 0 Å². The van der Waals surface area contributed by atoms with Crippen LogP contribution in [0.4, 0.5) is 0 Å². The summed E-state index contributed by atoms with van der Waals surface area (Å²) < 4.78 is 1.94. The Morgan fingerprint density at radius 2 is 2.11 bits per heavy atom. The second-order valence-corrected chi connectivity index (χ2v) is 1.84. The fourth-order valence-corrected chi connectivity index (χ4v) is 0.531. The molecule has 0 spiro atoms. The fraction of sp³-hybridized carbons (Fsp3) is 0.400. The Morgan fingerprint density at radius 1 is 1.44 bits per heavy atom. The van der Waals surface area contributed by atoms with E-state index >= 15 is 0 Å². The molecule has 0 atom stereocenters. The third-order valence-electron chi connectivity index (χ3n) is 0.992. The lowest BCUT2D eigenvalue weighted by Gasteiger charge is -2.03. The van der Waals surface area contributed by atoms with Gasteiger partial charge in [0.1, 0.15) is 6.20 Å². The highest BCUT2D eigenvalue weighted by Crippen LogP contribution is 1.66. The summed E-state index contributed by atoms with van der Waals surface area (Å²) in [4.78, 5) is 2.93. The average Bonchev–Trinajstić information content (AvgIpc) is 2.12. The SMILES string of the molecule is CN(C)[n+]1cc[nH]c1.[Br-]. The van der Waals surface area contributed by atoms with Gasteiger partial charge in [-0.3, -0.25) is 0 Å². The number of nitrogens with zero attached hydrogens (tertiary/aromatic N) is 2. The number of hydrogen-bond donors (Lipinski definition) is 1. The maximum atomic E-state index is 2.93. The Morgan fingerprint density at radius 3 is 2.33 bits per heavy atom. The summed E-state index contributed by atoms with van der Waals surface area (Å²) in [6.07, 6.45) is 5.69. The normalized spacial score (nSPS) is 8.22. The Kier molecular flexibility index (Phi) is 3.30. The van der Waals surface area contributed by atoms with Crippen LogP contribution in [0.3, 0.4) is 0 Å². The lowest BCUT2D eigenvalue weighted by atomic mass is 10.9. The minimum absolute atomic E-state index is 0. The third kappa shape index (κ3) is 2.05. The topological polar surface area (TPSA) is 22.9 Å². The Bertz CT molecular complexity index is 147. The molecule has 1 N–H and O–H groups in total. The fourth-order valence-electron chi connectivity index (χ4n) is 0.531. The number of aromatic nitrogens is 2. The number of halogens is 1. The van der Waals surface area contributed by atoms with Crippen LogP contribution in [0.25, 0.3) is 0 Å². The number of aromatic amines is 1. The molecule has 9 heavy (non-hydrogen) atoms. The second kappa shape index (κ2) is 3.50. The molecule has 1 rings (SSSR count). The predicted octanol–water partition coefficient (Wildman–Crippen LogP) is -3.50. The van der Waals surface area contributed by atoms with E-state index in [4.69, 9.17) is 0 Å². The first-order valence-electron chi connectivity index (χ1n) is 2.52.